The Bertz CT molecular complexity index is 700. The van der Waals surface area contributed by atoms with Crippen LogP contribution >= 0.6 is 0 Å². The maximum atomic E-state index is 12.0. The molecule has 1 amide bonds. The number of hydrogen-bond acceptors (Lipinski definition) is 5. The molecule has 6 heteroatoms. The molecule has 0 bridgehead atoms. The lowest BCUT2D eigenvalue weighted by molar-refractivity contribution is -0.134. The van der Waals surface area contributed by atoms with Crippen LogP contribution in [0.5, 0.6) is 0 Å². The predicted octanol–water partition coefficient (Wildman–Crippen LogP) is 2.60. The van der Waals surface area contributed by atoms with Crippen molar-refractivity contribution in [2.24, 2.45) is 5.92 Å². The fraction of sp³-hybridized carbons (Fsp3) is 0.526. The molecule has 1 aromatic carbocycles. The molecule has 1 aliphatic rings. The number of rotatable bonds is 5. The Hall–Kier alpha value is -2.21. The fourth-order valence-corrected chi connectivity index (χ4v) is 3.22. The molecule has 0 unspecified atom stereocenters. The monoisotopic (exact) mass is 342 g/mol. The van der Waals surface area contributed by atoms with Crippen molar-refractivity contribution in [1.29, 1.82) is 0 Å². The van der Waals surface area contributed by atoms with Gasteiger partial charge in [0, 0.05) is 25.6 Å². The summed E-state index contributed by atoms with van der Waals surface area (Å²) in [6.07, 6.45) is 2.79. The Morgan fingerprint density at radius 2 is 1.92 bits per heavy atom. The molecule has 1 fully saturated rings. The molecule has 0 atom stereocenters. The Labute approximate surface area is 148 Å². The number of benzene rings is 1. The summed E-state index contributed by atoms with van der Waals surface area (Å²) in [5.41, 5.74) is 2.27. The number of carbonyl (C=O) groups excluding carboxylic acids is 1. The lowest BCUT2D eigenvalue weighted by atomic mass is 9.95. The topological polar surface area (TPSA) is 62.5 Å². The van der Waals surface area contributed by atoms with Gasteiger partial charge in [-0.25, -0.2) is 0 Å². The molecule has 0 aliphatic carbocycles. The van der Waals surface area contributed by atoms with Crippen molar-refractivity contribution in [3.8, 4) is 11.4 Å². The second-order valence-electron chi connectivity index (χ2n) is 6.85. The van der Waals surface area contributed by atoms with E-state index >= 15 is 0 Å². The van der Waals surface area contributed by atoms with E-state index in [2.05, 4.69) is 34.1 Å². The summed E-state index contributed by atoms with van der Waals surface area (Å²) in [5, 5.41) is 4.10. The van der Waals surface area contributed by atoms with Gasteiger partial charge in [0.15, 0.2) is 0 Å². The average Bonchev–Trinajstić information content (AvgIpc) is 3.10. The number of carbonyl (C=O) groups is 1. The molecule has 0 saturated carbocycles. The molecule has 1 aliphatic heterocycles. The maximum absolute atomic E-state index is 12.0. The Morgan fingerprint density at radius 1 is 1.24 bits per heavy atom. The second kappa shape index (κ2) is 7.78. The lowest BCUT2D eigenvalue weighted by Crippen LogP contribution is -2.39. The first-order chi connectivity index (χ1) is 12.1. The highest BCUT2D eigenvalue weighted by Gasteiger charge is 2.26. The zero-order chi connectivity index (χ0) is 17.8. The highest BCUT2D eigenvalue weighted by atomic mass is 16.5. The van der Waals surface area contributed by atoms with Crippen LogP contribution in [-0.2, 0) is 17.8 Å². The molecule has 2 heterocycles. The van der Waals surface area contributed by atoms with Crippen LogP contribution < -0.4 is 0 Å². The average molecular weight is 342 g/mol. The maximum Gasteiger partial charge on any atom is 0.241 e. The summed E-state index contributed by atoms with van der Waals surface area (Å²) >= 11 is 0. The van der Waals surface area contributed by atoms with Gasteiger partial charge in [0.2, 0.25) is 17.6 Å². The minimum Gasteiger partial charge on any atom is -0.349 e. The van der Waals surface area contributed by atoms with Gasteiger partial charge >= 0.3 is 0 Å². The standard InChI is InChI=1S/C19H26N4O2/c1-4-14-5-7-15(8-6-14)18-20-17(25-21-18)13-23-11-9-16(10-12-23)19(24)22(2)3/h5-8,16H,4,9-13H2,1-3H3. The highest BCUT2D eigenvalue weighted by Crippen LogP contribution is 2.21. The number of aromatic nitrogens is 2. The van der Waals surface area contributed by atoms with E-state index in [0.717, 1.165) is 37.9 Å². The van der Waals surface area contributed by atoms with Crippen molar-refractivity contribution in [3.63, 3.8) is 0 Å². The van der Waals surface area contributed by atoms with E-state index in [0.29, 0.717) is 18.3 Å². The van der Waals surface area contributed by atoms with Crippen molar-refractivity contribution < 1.29 is 9.32 Å². The zero-order valence-corrected chi connectivity index (χ0v) is 15.2. The second-order valence-corrected chi connectivity index (χ2v) is 6.85. The van der Waals surface area contributed by atoms with Crippen molar-refractivity contribution in [2.75, 3.05) is 27.2 Å². The van der Waals surface area contributed by atoms with E-state index in [4.69, 9.17) is 4.52 Å². The van der Waals surface area contributed by atoms with E-state index in [1.807, 2.05) is 26.2 Å². The quantitative estimate of drug-likeness (QED) is 0.836. The van der Waals surface area contributed by atoms with Crippen LogP contribution in [0.3, 0.4) is 0 Å². The van der Waals surface area contributed by atoms with Crippen molar-refractivity contribution in [1.82, 2.24) is 19.9 Å². The molecule has 6 nitrogen and oxygen atoms in total. The SMILES string of the molecule is CCc1ccc(-c2noc(CN3CCC(C(=O)N(C)C)CC3)n2)cc1. The zero-order valence-electron chi connectivity index (χ0n) is 15.2. The van der Waals surface area contributed by atoms with Crippen molar-refractivity contribution in [2.45, 2.75) is 32.7 Å². The molecule has 1 saturated heterocycles. The van der Waals surface area contributed by atoms with E-state index < -0.39 is 0 Å². The first kappa shape index (κ1) is 17.6. The van der Waals surface area contributed by atoms with Gasteiger partial charge in [-0.2, -0.15) is 4.98 Å². The van der Waals surface area contributed by atoms with Crippen LogP contribution in [0, 0.1) is 5.92 Å². The number of hydrogen-bond donors (Lipinski definition) is 0. The summed E-state index contributed by atoms with van der Waals surface area (Å²) in [4.78, 5) is 20.5. The molecule has 3 rings (SSSR count). The largest absolute Gasteiger partial charge is 0.349 e. The fourth-order valence-electron chi connectivity index (χ4n) is 3.22. The predicted molar refractivity (Wildman–Crippen MR) is 95.8 cm³/mol. The van der Waals surface area contributed by atoms with Gasteiger partial charge in [0.1, 0.15) is 0 Å². The number of amides is 1. The van der Waals surface area contributed by atoms with E-state index in [-0.39, 0.29) is 11.8 Å². The van der Waals surface area contributed by atoms with Crippen molar-refractivity contribution >= 4 is 5.91 Å². The number of piperidine rings is 1. The van der Waals surface area contributed by atoms with Crippen LogP contribution in [0.2, 0.25) is 0 Å². The van der Waals surface area contributed by atoms with E-state index in [1.165, 1.54) is 5.56 Å². The van der Waals surface area contributed by atoms with Crippen LogP contribution in [0.1, 0.15) is 31.2 Å². The van der Waals surface area contributed by atoms with Gasteiger partial charge in [0.25, 0.3) is 0 Å². The summed E-state index contributed by atoms with van der Waals surface area (Å²) < 4.78 is 5.41. The van der Waals surface area contributed by atoms with E-state index in [1.54, 1.807) is 4.90 Å². The number of aryl methyl sites for hydroxylation is 1. The summed E-state index contributed by atoms with van der Waals surface area (Å²) in [6.45, 7) is 4.54. The normalized spacial score (nSPS) is 16.1. The molecular formula is C19H26N4O2. The van der Waals surface area contributed by atoms with Crippen LogP contribution in [-0.4, -0.2) is 53.0 Å². The van der Waals surface area contributed by atoms with Crippen molar-refractivity contribution in [3.05, 3.63) is 35.7 Å². The molecule has 1 aromatic heterocycles. The third-order valence-corrected chi connectivity index (χ3v) is 4.82. The smallest absolute Gasteiger partial charge is 0.241 e. The minimum atomic E-state index is 0.140. The third kappa shape index (κ3) is 4.25. The number of likely N-dealkylation sites (tertiary alicyclic amines) is 1. The van der Waals surface area contributed by atoms with Gasteiger partial charge in [-0.1, -0.05) is 36.3 Å². The van der Waals surface area contributed by atoms with Crippen LogP contribution in [0.25, 0.3) is 11.4 Å². The Kier molecular flexibility index (Phi) is 5.48. The molecule has 25 heavy (non-hydrogen) atoms. The van der Waals surface area contributed by atoms with Gasteiger partial charge in [-0.05, 0) is 37.9 Å². The highest BCUT2D eigenvalue weighted by molar-refractivity contribution is 5.78. The minimum absolute atomic E-state index is 0.140. The van der Waals surface area contributed by atoms with Gasteiger partial charge in [0.05, 0.1) is 6.54 Å². The summed E-state index contributed by atoms with van der Waals surface area (Å²) in [5.74, 6) is 1.64. The lowest BCUT2D eigenvalue weighted by Gasteiger charge is -2.31. The molecule has 0 N–H and O–H groups in total. The molecule has 2 aromatic rings. The molecule has 0 radical (unpaired) electrons. The third-order valence-electron chi connectivity index (χ3n) is 4.82. The Morgan fingerprint density at radius 3 is 2.52 bits per heavy atom. The van der Waals surface area contributed by atoms with E-state index in [9.17, 15) is 4.79 Å². The van der Waals surface area contributed by atoms with Crippen LogP contribution in [0.15, 0.2) is 28.8 Å². The summed E-state index contributed by atoms with van der Waals surface area (Å²) in [6, 6.07) is 8.26. The molecular weight excluding hydrogens is 316 g/mol. The Balaban J connectivity index is 1.56. The molecule has 0 spiro atoms. The first-order valence-corrected chi connectivity index (χ1v) is 8.92. The van der Waals surface area contributed by atoms with Gasteiger partial charge in [-0.15, -0.1) is 0 Å². The van der Waals surface area contributed by atoms with Gasteiger partial charge in [-0.3, -0.25) is 9.69 Å². The number of nitrogens with zero attached hydrogens (tertiary/aromatic N) is 4. The summed E-state index contributed by atoms with van der Waals surface area (Å²) in [7, 11) is 3.64. The first-order valence-electron chi connectivity index (χ1n) is 8.92. The molecule has 134 valence electrons. The van der Waals surface area contributed by atoms with Gasteiger partial charge < -0.3 is 9.42 Å². The van der Waals surface area contributed by atoms with Crippen LogP contribution in [0.4, 0.5) is 0 Å².